The van der Waals surface area contributed by atoms with E-state index in [1.165, 1.54) is 4.90 Å². The first-order chi connectivity index (χ1) is 9.56. The quantitative estimate of drug-likeness (QED) is 0.716. The summed E-state index contributed by atoms with van der Waals surface area (Å²) < 4.78 is 4.88. The van der Waals surface area contributed by atoms with E-state index in [0.717, 1.165) is 0 Å². The van der Waals surface area contributed by atoms with Crippen LogP contribution in [-0.2, 0) is 9.53 Å². The zero-order chi connectivity index (χ0) is 15.0. The lowest BCUT2D eigenvalue weighted by atomic mass is 10.1. The normalized spacial score (nSPS) is 9.95. The van der Waals surface area contributed by atoms with Gasteiger partial charge in [-0.1, -0.05) is 12.1 Å². The van der Waals surface area contributed by atoms with E-state index in [2.05, 4.69) is 10.6 Å². The molecule has 0 aliphatic heterocycles. The molecule has 6 nitrogen and oxygen atoms in total. The number of benzene rings is 1. The van der Waals surface area contributed by atoms with Crippen LogP contribution in [-0.4, -0.2) is 57.6 Å². The lowest BCUT2D eigenvalue weighted by Crippen LogP contribution is -2.30. The smallest absolute Gasteiger partial charge is 0.253 e. The van der Waals surface area contributed by atoms with Crippen LogP contribution in [0.2, 0.25) is 0 Å². The maximum Gasteiger partial charge on any atom is 0.253 e. The van der Waals surface area contributed by atoms with Crippen LogP contribution in [0.3, 0.4) is 0 Å². The van der Waals surface area contributed by atoms with E-state index in [1.54, 1.807) is 39.4 Å². The number of anilines is 1. The predicted octanol–water partition coefficient (Wildman–Crippen LogP) is 0.563. The SMILES string of the molecule is COCCNC(=O)c1ccccc1NCC(=O)N(C)C. The zero-order valence-corrected chi connectivity index (χ0v) is 12.1. The average Bonchev–Trinajstić information content (AvgIpc) is 2.45. The van der Waals surface area contributed by atoms with Gasteiger partial charge in [0, 0.05) is 33.4 Å². The molecule has 2 amide bonds. The maximum atomic E-state index is 12.0. The summed E-state index contributed by atoms with van der Waals surface area (Å²) in [4.78, 5) is 25.1. The van der Waals surface area contributed by atoms with Crippen molar-refractivity contribution in [1.29, 1.82) is 0 Å². The van der Waals surface area contributed by atoms with Gasteiger partial charge in [-0.15, -0.1) is 0 Å². The van der Waals surface area contributed by atoms with Gasteiger partial charge in [0.1, 0.15) is 0 Å². The van der Waals surface area contributed by atoms with Gasteiger partial charge in [-0.25, -0.2) is 0 Å². The predicted molar refractivity (Wildman–Crippen MR) is 77.8 cm³/mol. The minimum atomic E-state index is -0.192. The Bertz CT molecular complexity index is 461. The van der Waals surface area contributed by atoms with E-state index in [4.69, 9.17) is 4.74 Å². The van der Waals surface area contributed by atoms with E-state index in [9.17, 15) is 9.59 Å². The van der Waals surface area contributed by atoms with Crippen LogP contribution in [0, 0.1) is 0 Å². The van der Waals surface area contributed by atoms with Crippen molar-refractivity contribution < 1.29 is 14.3 Å². The summed E-state index contributed by atoms with van der Waals surface area (Å²) in [5.74, 6) is -0.248. The molecule has 0 saturated heterocycles. The molecule has 1 rings (SSSR count). The van der Waals surface area contributed by atoms with E-state index in [1.807, 2.05) is 6.07 Å². The van der Waals surface area contributed by atoms with Crippen LogP contribution in [0.4, 0.5) is 5.69 Å². The van der Waals surface area contributed by atoms with Crippen LogP contribution < -0.4 is 10.6 Å². The molecule has 0 heterocycles. The number of hydrogen-bond donors (Lipinski definition) is 2. The third-order valence-corrected chi connectivity index (χ3v) is 2.69. The summed E-state index contributed by atoms with van der Waals surface area (Å²) in [5.41, 5.74) is 1.15. The second-order valence-electron chi connectivity index (χ2n) is 4.44. The Morgan fingerprint density at radius 1 is 1.25 bits per heavy atom. The Morgan fingerprint density at radius 3 is 2.60 bits per heavy atom. The van der Waals surface area contributed by atoms with Crippen molar-refractivity contribution in [3.8, 4) is 0 Å². The minimum Gasteiger partial charge on any atom is -0.383 e. The molecule has 6 heteroatoms. The molecule has 0 saturated carbocycles. The van der Waals surface area contributed by atoms with Crippen LogP contribution >= 0.6 is 0 Å². The van der Waals surface area contributed by atoms with Crippen molar-refractivity contribution in [2.75, 3.05) is 46.2 Å². The van der Waals surface area contributed by atoms with Crippen molar-refractivity contribution in [3.05, 3.63) is 29.8 Å². The van der Waals surface area contributed by atoms with E-state index >= 15 is 0 Å². The molecular formula is C14H21N3O3. The lowest BCUT2D eigenvalue weighted by Gasteiger charge is -2.14. The summed E-state index contributed by atoms with van der Waals surface area (Å²) in [5, 5.41) is 5.73. The summed E-state index contributed by atoms with van der Waals surface area (Å²) in [6.45, 7) is 1.05. The molecular weight excluding hydrogens is 258 g/mol. The van der Waals surface area contributed by atoms with E-state index in [-0.39, 0.29) is 18.4 Å². The highest BCUT2D eigenvalue weighted by Gasteiger charge is 2.11. The number of ether oxygens (including phenoxy) is 1. The van der Waals surface area contributed by atoms with Gasteiger partial charge >= 0.3 is 0 Å². The Labute approximate surface area is 119 Å². The molecule has 0 radical (unpaired) electrons. The summed E-state index contributed by atoms with van der Waals surface area (Å²) >= 11 is 0. The Hall–Kier alpha value is -2.08. The van der Waals surface area contributed by atoms with Crippen molar-refractivity contribution in [3.63, 3.8) is 0 Å². The van der Waals surface area contributed by atoms with E-state index < -0.39 is 0 Å². The van der Waals surface area contributed by atoms with Gasteiger partial charge in [0.15, 0.2) is 0 Å². The molecule has 0 bridgehead atoms. The third-order valence-electron chi connectivity index (χ3n) is 2.69. The number of carbonyl (C=O) groups excluding carboxylic acids is 2. The Morgan fingerprint density at radius 2 is 1.95 bits per heavy atom. The molecule has 110 valence electrons. The first-order valence-electron chi connectivity index (χ1n) is 6.36. The van der Waals surface area contributed by atoms with Gasteiger partial charge in [-0.2, -0.15) is 0 Å². The van der Waals surface area contributed by atoms with Crippen LogP contribution in [0.25, 0.3) is 0 Å². The highest BCUT2D eigenvalue weighted by molar-refractivity contribution is 6.00. The number of para-hydroxylation sites is 1. The molecule has 1 aromatic carbocycles. The second-order valence-corrected chi connectivity index (χ2v) is 4.44. The summed E-state index contributed by atoms with van der Waals surface area (Å²) in [6.07, 6.45) is 0. The van der Waals surface area contributed by atoms with Gasteiger partial charge in [0.25, 0.3) is 5.91 Å². The number of rotatable bonds is 7. The Balaban J connectivity index is 2.67. The van der Waals surface area contributed by atoms with Gasteiger partial charge in [-0.3, -0.25) is 9.59 Å². The molecule has 1 aromatic rings. The number of carbonyl (C=O) groups is 2. The number of nitrogens with one attached hydrogen (secondary N) is 2. The van der Waals surface area contributed by atoms with Crippen LogP contribution in [0.1, 0.15) is 10.4 Å². The minimum absolute atomic E-state index is 0.0559. The second kappa shape index (κ2) is 8.16. The first-order valence-corrected chi connectivity index (χ1v) is 6.36. The van der Waals surface area contributed by atoms with Crippen molar-refractivity contribution in [2.45, 2.75) is 0 Å². The van der Waals surface area contributed by atoms with Crippen molar-refractivity contribution in [1.82, 2.24) is 10.2 Å². The summed E-state index contributed by atoms with van der Waals surface area (Å²) in [6, 6.07) is 7.08. The lowest BCUT2D eigenvalue weighted by molar-refractivity contribution is -0.126. The highest BCUT2D eigenvalue weighted by Crippen LogP contribution is 2.14. The molecule has 0 unspecified atom stereocenters. The van der Waals surface area contributed by atoms with Crippen molar-refractivity contribution in [2.24, 2.45) is 0 Å². The largest absolute Gasteiger partial charge is 0.383 e. The van der Waals surface area contributed by atoms with E-state index in [0.29, 0.717) is 24.4 Å². The molecule has 0 fully saturated rings. The molecule has 2 N–H and O–H groups in total. The number of likely N-dealkylation sites (N-methyl/N-ethyl adjacent to an activating group) is 1. The highest BCUT2D eigenvalue weighted by atomic mass is 16.5. The van der Waals surface area contributed by atoms with Gasteiger partial charge in [0.2, 0.25) is 5.91 Å². The fraction of sp³-hybridized carbons (Fsp3) is 0.429. The zero-order valence-electron chi connectivity index (χ0n) is 12.1. The first kappa shape index (κ1) is 16.0. The van der Waals surface area contributed by atoms with Gasteiger partial charge < -0.3 is 20.3 Å². The topological polar surface area (TPSA) is 70.7 Å². The monoisotopic (exact) mass is 279 g/mol. The van der Waals surface area contributed by atoms with Crippen molar-refractivity contribution >= 4 is 17.5 Å². The number of methoxy groups -OCH3 is 1. The van der Waals surface area contributed by atoms with Gasteiger partial charge in [-0.05, 0) is 12.1 Å². The van der Waals surface area contributed by atoms with Gasteiger partial charge in [0.05, 0.1) is 18.7 Å². The molecule has 0 atom stereocenters. The molecule has 0 spiro atoms. The number of amides is 2. The summed E-state index contributed by atoms with van der Waals surface area (Å²) in [7, 11) is 4.95. The number of nitrogens with zero attached hydrogens (tertiary/aromatic N) is 1. The fourth-order valence-corrected chi connectivity index (χ4v) is 1.53. The average molecular weight is 279 g/mol. The maximum absolute atomic E-state index is 12.0. The fourth-order valence-electron chi connectivity index (χ4n) is 1.53. The Kier molecular flexibility index (Phi) is 6.52. The number of hydrogen-bond acceptors (Lipinski definition) is 4. The van der Waals surface area contributed by atoms with Crippen LogP contribution in [0.5, 0.6) is 0 Å². The molecule has 20 heavy (non-hydrogen) atoms. The molecule has 0 aliphatic carbocycles. The van der Waals surface area contributed by atoms with Crippen LogP contribution in [0.15, 0.2) is 24.3 Å². The standard InChI is InChI=1S/C14H21N3O3/c1-17(2)13(18)10-16-12-7-5-4-6-11(12)14(19)15-8-9-20-3/h4-7,16H,8-10H2,1-3H3,(H,15,19). The molecule has 0 aliphatic rings. The third kappa shape index (κ3) is 4.89. The molecule has 0 aromatic heterocycles.